The Labute approximate surface area is 353 Å². The lowest BCUT2D eigenvalue weighted by Gasteiger charge is -2.10. The third kappa shape index (κ3) is 43.4. The highest BCUT2D eigenvalue weighted by Crippen LogP contribution is 2.25. The predicted octanol–water partition coefficient (Wildman–Crippen LogP) is 8.52. The Kier molecular flexibility index (Phi) is 48.1. The molecule has 0 bridgehead atoms. The van der Waals surface area contributed by atoms with E-state index in [1.165, 1.54) is 58.8 Å². The molecular weight excluding hydrogens is 929 g/mol. The molecule has 0 saturated heterocycles. The van der Waals surface area contributed by atoms with Crippen molar-refractivity contribution >= 4 is 215 Å². The summed E-state index contributed by atoms with van der Waals surface area (Å²) >= 11 is 25.4. The topological polar surface area (TPSA) is 115 Å². The number of aliphatic hydroxyl groups is 2. The largest absolute Gasteiger partial charge is 0.616 e. The van der Waals surface area contributed by atoms with E-state index in [4.69, 9.17) is 10.2 Å². The molecule has 0 aliphatic rings. The fraction of sp³-hybridized carbons (Fsp3) is 0.875. The van der Waals surface area contributed by atoms with Crippen molar-refractivity contribution in [1.82, 2.24) is 0 Å². The number of hydrogen-bond acceptors (Lipinski definition) is 22. The molecule has 0 amide bonds. The first-order valence-electron chi connectivity index (χ1n) is 13.5. The van der Waals surface area contributed by atoms with Gasteiger partial charge >= 0.3 is 0 Å². The van der Waals surface area contributed by atoms with Gasteiger partial charge in [0.25, 0.3) is 0 Å². The average molecular weight is 974 g/mol. The monoisotopic (exact) mass is 972 g/mol. The highest BCUT2D eigenvalue weighted by molar-refractivity contribution is 8.30. The number of hydrogen-bond donors (Lipinski definition) is 2. The average Bonchev–Trinajstić information content (AvgIpc) is 3.06. The van der Waals surface area contributed by atoms with Crippen molar-refractivity contribution in [3.63, 3.8) is 0 Å². The molecule has 0 aromatic rings. The van der Waals surface area contributed by atoms with E-state index < -0.39 is 11.2 Å². The molecule has 1 unspecified atom stereocenters. The van der Waals surface area contributed by atoms with Crippen LogP contribution >= 0.6 is 188 Å². The first-order valence-corrected chi connectivity index (χ1v) is 33.0. The van der Waals surface area contributed by atoms with E-state index in [-0.39, 0.29) is 27.2 Å². The van der Waals surface area contributed by atoms with E-state index in [9.17, 15) is 18.9 Å². The molecule has 0 aromatic heterocycles. The van der Waals surface area contributed by atoms with Gasteiger partial charge in [0.1, 0.15) is 5.75 Å². The minimum Gasteiger partial charge on any atom is -0.616 e. The van der Waals surface area contributed by atoms with Crippen LogP contribution in [0.2, 0.25) is 0 Å². The molecule has 0 radical (unpaired) electrons. The third-order valence-electron chi connectivity index (χ3n) is 4.13. The molecule has 0 aliphatic carbocycles. The Balaban J connectivity index is 3.35. The first-order chi connectivity index (χ1) is 23.0. The van der Waals surface area contributed by atoms with Crippen LogP contribution in [0.15, 0.2) is 0 Å². The Morgan fingerprint density at radius 2 is 0.809 bits per heavy atom. The molecule has 0 aromatic carbocycles. The SMILES string of the molecule is O=C(CSCSCSCC[S+]([O-])CSCSCSCSC(=O)CSCSCSCC(=O)SCCSCSCO)SCCSCSCO. The lowest BCUT2D eigenvalue weighted by molar-refractivity contribution is -0.109. The highest BCUT2D eigenvalue weighted by Gasteiger charge is 2.08. The van der Waals surface area contributed by atoms with Gasteiger partial charge in [-0.1, -0.05) is 47.0 Å². The second kappa shape index (κ2) is 43.6. The predicted molar refractivity (Wildman–Crippen MR) is 251 cm³/mol. The maximum absolute atomic E-state index is 12.2. The second-order valence-electron chi connectivity index (χ2n) is 7.74. The van der Waals surface area contributed by atoms with Gasteiger partial charge in [0.15, 0.2) is 20.4 Å². The van der Waals surface area contributed by atoms with Crippen LogP contribution in [-0.4, -0.2) is 145 Å². The quantitative estimate of drug-likeness (QED) is 0.0352. The zero-order chi connectivity index (χ0) is 34.5. The van der Waals surface area contributed by atoms with E-state index in [1.54, 1.807) is 94.1 Å². The second-order valence-corrected chi connectivity index (χ2v) is 29.4. The Bertz CT molecular complexity index is 734. The summed E-state index contributed by atoms with van der Waals surface area (Å²) in [5, 5.41) is 26.7. The van der Waals surface area contributed by atoms with Gasteiger partial charge in [0, 0.05) is 74.5 Å². The highest BCUT2D eigenvalue weighted by atomic mass is 32.3. The third-order valence-corrected chi connectivity index (χ3v) is 25.1. The molecule has 0 saturated carbocycles. The molecule has 0 spiro atoms. The molecular formula is C24H44O6S17. The van der Waals surface area contributed by atoms with Crippen molar-refractivity contribution in [2.24, 2.45) is 0 Å². The summed E-state index contributed by atoms with van der Waals surface area (Å²) in [5.41, 5.74) is 0. The van der Waals surface area contributed by atoms with Crippen molar-refractivity contribution in [3.05, 3.63) is 0 Å². The first kappa shape index (κ1) is 51.8. The van der Waals surface area contributed by atoms with Crippen LogP contribution in [-0.2, 0) is 25.6 Å². The molecule has 1 atom stereocenters. The van der Waals surface area contributed by atoms with E-state index >= 15 is 0 Å². The maximum Gasteiger partial charge on any atom is 0.199 e. The van der Waals surface area contributed by atoms with Crippen LogP contribution in [0.5, 0.6) is 0 Å². The lowest BCUT2D eigenvalue weighted by atomic mass is 10.9. The van der Waals surface area contributed by atoms with E-state index in [0.29, 0.717) is 28.1 Å². The fourth-order valence-electron chi connectivity index (χ4n) is 2.23. The van der Waals surface area contributed by atoms with Crippen molar-refractivity contribution in [2.45, 2.75) is 0 Å². The van der Waals surface area contributed by atoms with Gasteiger partial charge in [-0.3, -0.25) is 14.4 Å². The number of carbonyl (C=O) groups excluding carboxylic acids is 3. The van der Waals surface area contributed by atoms with Crippen LogP contribution < -0.4 is 0 Å². The van der Waals surface area contributed by atoms with Gasteiger partial charge in [-0.05, 0) is 11.2 Å². The Hall–Kier alpha value is 4.84. The minimum atomic E-state index is -0.801. The molecule has 47 heavy (non-hydrogen) atoms. The molecule has 278 valence electrons. The van der Waals surface area contributed by atoms with Gasteiger partial charge < -0.3 is 14.8 Å². The fourth-order valence-corrected chi connectivity index (χ4v) is 21.0. The standard InChI is InChI=1S/C24H44O6S17/c25-10-37-12-31-1-3-44-22(27)7-34-15-39-14-33-5-6-47(30)21-43-19-41-18-42-20-46-24(29)9-36-17-40-16-35-8-23(28)45-4-2-32-13-38-11-26/h25-26H,1-21H2. The van der Waals surface area contributed by atoms with E-state index in [2.05, 4.69) is 0 Å². The van der Waals surface area contributed by atoms with Crippen molar-refractivity contribution in [2.75, 3.05) is 115 Å². The minimum absolute atomic E-state index is 0.146. The van der Waals surface area contributed by atoms with E-state index in [1.807, 2.05) is 35.3 Å². The van der Waals surface area contributed by atoms with E-state index in [0.717, 1.165) is 74.5 Å². The molecule has 2 N–H and O–H groups in total. The Morgan fingerprint density at radius 3 is 1.32 bits per heavy atom. The maximum atomic E-state index is 12.2. The molecule has 23 heteroatoms. The zero-order valence-electron chi connectivity index (χ0n) is 25.8. The summed E-state index contributed by atoms with van der Waals surface area (Å²) in [7, 11) is 0. The smallest absolute Gasteiger partial charge is 0.199 e. The number of carbonyl (C=O) groups is 3. The molecule has 6 nitrogen and oxygen atoms in total. The van der Waals surface area contributed by atoms with Crippen LogP contribution in [0.4, 0.5) is 0 Å². The molecule has 0 rings (SSSR count). The Morgan fingerprint density at radius 1 is 0.426 bits per heavy atom. The van der Waals surface area contributed by atoms with Gasteiger partial charge in [0.2, 0.25) is 0 Å². The summed E-state index contributed by atoms with van der Waals surface area (Å²) in [6.45, 7) is 0. The molecule has 0 fully saturated rings. The lowest BCUT2D eigenvalue weighted by Crippen LogP contribution is -2.11. The van der Waals surface area contributed by atoms with Gasteiger partial charge in [-0.2, -0.15) is 23.5 Å². The summed E-state index contributed by atoms with van der Waals surface area (Å²) in [6, 6.07) is 0. The summed E-state index contributed by atoms with van der Waals surface area (Å²) < 4.78 is 12.2. The van der Waals surface area contributed by atoms with Crippen molar-refractivity contribution in [3.8, 4) is 0 Å². The van der Waals surface area contributed by atoms with Crippen LogP contribution in [0.25, 0.3) is 0 Å². The van der Waals surface area contributed by atoms with Crippen LogP contribution in [0, 0.1) is 0 Å². The normalized spacial score (nSPS) is 12.1. The van der Waals surface area contributed by atoms with Gasteiger partial charge in [-0.15, -0.1) is 118 Å². The van der Waals surface area contributed by atoms with Gasteiger partial charge in [0.05, 0.1) is 29.1 Å². The number of thioether (sulfide) groups is 16. The molecule has 0 aliphatic heterocycles. The van der Waals surface area contributed by atoms with Crippen molar-refractivity contribution in [1.29, 1.82) is 0 Å². The molecule has 0 heterocycles. The van der Waals surface area contributed by atoms with Crippen molar-refractivity contribution < 1.29 is 29.1 Å². The number of aliphatic hydroxyl groups excluding tert-OH is 2. The summed E-state index contributed by atoms with van der Waals surface area (Å²) in [4.78, 5) is 35.8. The summed E-state index contributed by atoms with van der Waals surface area (Å²) in [5.74, 6) is 7.00. The summed E-state index contributed by atoms with van der Waals surface area (Å²) in [6.07, 6.45) is 0. The zero-order valence-corrected chi connectivity index (χ0v) is 39.7. The van der Waals surface area contributed by atoms with Gasteiger partial charge in [-0.25, -0.2) is 0 Å². The van der Waals surface area contributed by atoms with Crippen LogP contribution in [0.1, 0.15) is 0 Å². The number of rotatable bonds is 37. The van der Waals surface area contributed by atoms with Crippen LogP contribution in [0.3, 0.4) is 0 Å².